The summed E-state index contributed by atoms with van der Waals surface area (Å²) >= 11 is 0. The fourth-order valence-corrected chi connectivity index (χ4v) is 0.777. The van der Waals surface area contributed by atoms with E-state index in [0.717, 1.165) is 0 Å². The number of nitrogens with one attached hydrogen (secondary N) is 1. The first-order chi connectivity index (χ1) is 6.47. The van der Waals surface area contributed by atoms with Crippen molar-refractivity contribution in [1.82, 2.24) is 5.32 Å². The van der Waals surface area contributed by atoms with Crippen molar-refractivity contribution >= 4 is 12.1 Å². The Labute approximate surface area is 81.9 Å². The van der Waals surface area contributed by atoms with E-state index < -0.39 is 18.1 Å². The highest BCUT2D eigenvalue weighted by Gasteiger charge is 2.20. The van der Waals surface area contributed by atoms with Gasteiger partial charge >= 0.3 is 12.1 Å². The zero-order chi connectivity index (χ0) is 11.1. The van der Waals surface area contributed by atoms with E-state index in [1.807, 2.05) is 0 Å². The van der Waals surface area contributed by atoms with Crippen LogP contribution in [0.5, 0.6) is 0 Å². The molecule has 0 saturated carbocycles. The van der Waals surface area contributed by atoms with Crippen molar-refractivity contribution in [3.63, 3.8) is 0 Å². The summed E-state index contributed by atoms with van der Waals surface area (Å²) in [7, 11) is 0. The predicted molar refractivity (Wildman–Crippen MR) is 47.9 cm³/mol. The molecule has 14 heavy (non-hydrogen) atoms. The van der Waals surface area contributed by atoms with Crippen LogP contribution in [0.1, 0.15) is 20.3 Å². The van der Waals surface area contributed by atoms with Gasteiger partial charge in [-0.3, -0.25) is 0 Å². The van der Waals surface area contributed by atoms with Crippen molar-refractivity contribution < 1.29 is 24.5 Å². The summed E-state index contributed by atoms with van der Waals surface area (Å²) in [6.07, 6.45) is -1.14. The number of hydrogen-bond acceptors (Lipinski definition) is 4. The average molecular weight is 205 g/mol. The lowest BCUT2D eigenvalue weighted by atomic mass is 10.2. The lowest BCUT2D eigenvalue weighted by molar-refractivity contribution is -0.139. The van der Waals surface area contributed by atoms with Gasteiger partial charge in [-0.15, -0.1) is 0 Å². The Bertz CT molecular complexity index is 204. The highest BCUT2D eigenvalue weighted by atomic mass is 16.6. The molecule has 3 N–H and O–H groups in total. The van der Waals surface area contributed by atoms with Crippen LogP contribution < -0.4 is 5.32 Å². The minimum atomic E-state index is -1.19. The Balaban J connectivity index is 4.02. The molecule has 0 unspecified atom stereocenters. The lowest BCUT2D eigenvalue weighted by Gasteiger charge is -2.14. The molecule has 6 heteroatoms. The van der Waals surface area contributed by atoms with Crippen LogP contribution in [0.4, 0.5) is 4.79 Å². The summed E-state index contributed by atoms with van der Waals surface area (Å²) in [5, 5.41) is 19.3. The molecule has 0 aromatic rings. The van der Waals surface area contributed by atoms with E-state index in [1.165, 1.54) is 0 Å². The maximum atomic E-state index is 11.0. The van der Waals surface area contributed by atoms with Gasteiger partial charge in [0.2, 0.25) is 0 Å². The normalized spacial score (nSPS) is 12.3. The molecule has 0 heterocycles. The van der Waals surface area contributed by atoms with Crippen LogP contribution in [0.3, 0.4) is 0 Å². The number of carboxylic acids is 1. The van der Waals surface area contributed by atoms with Gasteiger partial charge < -0.3 is 20.3 Å². The van der Waals surface area contributed by atoms with E-state index in [9.17, 15) is 9.59 Å². The third-order valence-corrected chi connectivity index (χ3v) is 1.35. The number of alkyl carbamates (subject to hydrolysis) is 1. The predicted octanol–water partition coefficient (Wildman–Crippen LogP) is -0.0434. The van der Waals surface area contributed by atoms with Crippen LogP contribution in [-0.4, -0.2) is 41.0 Å². The number of aliphatic hydroxyl groups excluding tert-OH is 1. The molecule has 0 aliphatic heterocycles. The van der Waals surface area contributed by atoms with E-state index in [1.54, 1.807) is 13.8 Å². The Morgan fingerprint density at radius 3 is 2.36 bits per heavy atom. The Kier molecular flexibility index (Phi) is 5.62. The molecule has 0 aromatic heterocycles. The third-order valence-electron chi connectivity index (χ3n) is 1.35. The number of carboxylic acid groups (broad SMARTS) is 1. The van der Waals surface area contributed by atoms with E-state index in [0.29, 0.717) is 0 Å². The first-order valence-electron chi connectivity index (χ1n) is 4.28. The zero-order valence-corrected chi connectivity index (χ0v) is 8.19. The summed E-state index contributed by atoms with van der Waals surface area (Å²) in [4.78, 5) is 21.5. The van der Waals surface area contributed by atoms with Gasteiger partial charge in [-0.2, -0.15) is 0 Å². The highest BCUT2D eigenvalue weighted by molar-refractivity contribution is 5.79. The van der Waals surface area contributed by atoms with Crippen LogP contribution in [0.15, 0.2) is 0 Å². The smallest absolute Gasteiger partial charge is 0.408 e. The average Bonchev–Trinajstić information content (AvgIpc) is 2.01. The molecular formula is C8H15NO5. The largest absolute Gasteiger partial charge is 0.480 e. The van der Waals surface area contributed by atoms with Crippen LogP contribution in [0.2, 0.25) is 0 Å². The van der Waals surface area contributed by atoms with Gasteiger partial charge in [0.05, 0.1) is 6.10 Å². The van der Waals surface area contributed by atoms with Gasteiger partial charge in [0.25, 0.3) is 0 Å². The van der Waals surface area contributed by atoms with Crippen LogP contribution in [-0.2, 0) is 9.53 Å². The summed E-state index contributed by atoms with van der Waals surface area (Å²) in [6, 6.07) is -1.11. The maximum absolute atomic E-state index is 11.0. The molecular weight excluding hydrogens is 190 g/mol. The van der Waals surface area contributed by atoms with Crippen molar-refractivity contribution in [2.75, 3.05) is 6.61 Å². The monoisotopic (exact) mass is 205 g/mol. The molecule has 0 rings (SSSR count). The molecule has 1 amide bonds. The van der Waals surface area contributed by atoms with E-state index in [-0.39, 0.29) is 19.1 Å². The van der Waals surface area contributed by atoms with Crippen molar-refractivity contribution in [3.05, 3.63) is 0 Å². The van der Waals surface area contributed by atoms with E-state index in [4.69, 9.17) is 10.2 Å². The first-order valence-corrected chi connectivity index (χ1v) is 4.28. The number of aliphatic hydroxyl groups is 1. The molecule has 0 aromatic carbocycles. The molecule has 0 fully saturated rings. The molecule has 0 saturated heterocycles. The molecule has 0 spiro atoms. The fraction of sp³-hybridized carbons (Fsp3) is 0.750. The van der Waals surface area contributed by atoms with Gasteiger partial charge in [0, 0.05) is 13.0 Å². The highest BCUT2D eigenvalue weighted by Crippen LogP contribution is 1.94. The SMILES string of the molecule is CC(C)OC(=O)N[C@H](CCO)C(=O)O. The molecule has 6 nitrogen and oxygen atoms in total. The number of hydrogen-bond donors (Lipinski definition) is 3. The fourth-order valence-electron chi connectivity index (χ4n) is 0.777. The summed E-state index contributed by atoms with van der Waals surface area (Å²) in [6.45, 7) is 3.00. The number of carbonyl (C=O) groups is 2. The van der Waals surface area contributed by atoms with Crippen molar-refractivity contribution in [3.8, 4) is 0 Å². The second kappa shape index (κ2) is 6.20. The first kappa shape index (κ1) is 12.7. The number of ether oxygens (including phenoxy) is 1. The minimum Gasteiger partial charge on any atom is -0.480 e. The van der Waals surface area contributed by atoms with Crippen LogP contribution >= 0.6 is 0 Å². The van der Waals surface area contributed by atoms with Gasteiger partial charge in [-0.25, -0.2) is 9.59 Å². The maximum Gasteiger partial charge on any atom is 0.408 e. The van der Waals surface area contributed by atoms with Gasteiger partial charge in [-0.05, 0) is 13.8 Å². The summed E-state index contributed by atoms with van der Waals surface area (Å²) < 4.78 is 4.68. The minimum absolute atomic E-state index is 0.0392. The molecule has 0 bridgehead atoms. The number of carbonyl (C=O) groups excluding carboxylic acids is 1. The van der Waals surface area contributed by atoms with Crippen molar-refractivity contribution in [1.29, 1.82) is 0 Å². The van der Waals surface area contributed by atoms with Crippen LogP contribution in [0, 0.1) is 0 Å². The molecule has 82 valence electrons. The summed E-state index contributed by atoms with van der Waals surface area (Å²) in [5.74, 6) is -1.19. The second-order valence-corrected chi connectivity index (χ2v) is 3.00. The van der Waals surface area contributed by atoms with Crippen molar-refractivity contribution in [2.45, 2.75) is 32.4 Å². The quantitative estimate of drug-likeness (QED) is 0.585. The Morgan fingerprint density at radius 1 is 1.43 bits per heavy atom. The van der Waals surface area contributed by atoms with Gasteiger partial charge in [-0.1, -0.05) is 0 Å². The third kappa shape index (κ3) is 5.36. The lowest BCUT2D eigenvalue weighted by Crippen LogP contribution is -2.42. The molecule has 0 aliphatic rings. The molecule has 0 aliphatic carbocycles. The van der Waals surface area contributed by atoms with Gasteiger partial charge in [0.15, 0.2) is 0 Å². The number of amides is 1. The summed E-state index contributed by atoms with van der Waals surface area (Å²) in [5.41, 5.74) is 0. The number of aliphatic carboxylic acids is 1. The number of rotatable bonds is 5. The van der Waals surface area contributed by atoms with E-state index in [2.05, 4.69) is 10.1 Å². The van der Waals surface area contributed by atoms with Gasteiger partial charge in [0.1, 0.15) is 6.04 Å². The Hall–Kier alpha value is -1.30. The van der Waals surface area contributed by atoms with E-state index >= 15 is 0 Å². The van der Waals surface area contributed by atoms with Crippen LogP contribution in [0.25, 0.3) is 0 Å². The zero-order valence-electron chi connectivity index (χ0n) is 8.19. The molecule has 1 atom stereocenters. The molecule has 0 radical (unpaired) electrons. The van der Waals surface area contributed by atoms with Crippen molar-refractivity contribution in [2.24, 2.45) is 0 Å². The topological polar surface area (TPSA) is 95.9 Å². The standard InChI is InChI=1S/C8H15NO5/c1-5(2)14-8(13)9-6(3-4-10)7(11)12/h5-6,10H,3-4H2,1-2H3,(H,9,13)(H,11,12)/t6-/m1/s1. The second-order valence-electron chi connectivity index (χ2n) is 3.00. The Morgan fingerprint density at radius 2 is 2.00 bits per heavy atom.